The molecule has 2 aromatic rings. The Morgan fingerprint density at radius 3 is 1.44 bits per heavy atom. The molecule has 0 fully saturated rings. The van der Waals surface area contributed by atoms with E-state index >= 15 is 0 Å². The minimum atomic E-state index is -6.07. The molecule has 312 valence electrons. The average molecular weight is 845 g/mol. The van der Waals surface area contributed by atoms with Crippen molar-refractivity contribution in [3.63, 3.8) is 0 Å². The van der Waals surface area contributed by atoms with E-state index in [1.807, 2.05) is 13.8 Å². The maximum absolute atomic E-state index is 15.0. The summed E-state index contributed by atoms with van der Waals surface area (Å²) in [6.07, 6.45) is -12.9. The second-order valence-electron chi connectivity index (χ2n) is 12.5. The molecule has 2 rings (SSSR count). The van der Waals surface area contributed by atoms with Gasteiger partial charge in [0, 0.05) is 39.6 Å². The van der Waals surface area contributed by atoms with Crippen LogP contribution in [0.3, 0.4) is 0 Å². The number of ether oxygens (including phenoxy) is 2. The summed E-state index contributed by atoms with van der Waals surface area (Å²) in [5.41, 5.74) is -2.55. The molecule has 6 nitrogen and oxygen atoms in total. The van der Waals surface area contributed by atoms with Crippen molar-refractivity contribution in [1.29, 1.82) is 0 Å². The maximum atomic E-state index is 15.0. The van der Waals surface area contributed by atoms with E-state index in [-0.39, 0.29) is 12.0 Å². The highest BCUT2D eigenvalue weighted by molar-refractivity contribution is 6.77. The van der Waals surface area contributed by atoms with Crippen LogP contribution in [-0.4, -0.2) is 69.1 Å². The van der Waals surface area contributed by atoms with E-state index in [1.54, 1.807) is 24.3 Å². The minimum Gasteiger partial charge on any atom is -0.492 e. The highest BCUT2D eigenvalue weighted by atomic mass is 28.5. The van der Waals surface area contributed by atoms with E-state index in [9.17, 15) is 52.7 Å². The predicted molar refractivity (Wildman–Crippen MR) is 184 cm³/mol. The molecular weight excluding hydrogens is 801 g/mol. The van der Waals surface area contributed by atoms with Crippen LogP contribution in [0.25, 0.3) is 0 Å². The molecule has 55 heavy (non-hydrogen) atoms. The molecule has 0 N–H and O–H groups in total. The third-order valence-corrected chi connectivity index (χ3v) is 15.6. The predicted octanol–water partition coefficient (Wildman–Crippen LogP) is 11.7. The molecule has 20 heteroatoms. The molecule has 0 bridgehead atoms. The summed E-state index contributed by atoms with van der Waals surface area (Å²) in [6.45, 7) is 6.56. The molecule has 0 saturated carbocycles. The summed E-state index contributed by atoms with van der Waals surface area (Å²) in [5, 5.41) is 0. The number of hydrogen-bond acceptors (Lipinski definition) is 6. The third-order valence-electron chi connectivity index (χ3n) is 9.05. The van der Waals surface area contributed by atoms with Crippen molar-refractivity contribution in [2.75, 3.05) is 27.6 Å². The Morgan fingerprint density at radius 2 is 1.07 bits per heavy atom. The first-order valence-corrected chi connectivity index (χ1v) is 21.3. The molecule has 0 radical (unpaired) electrons. The molecule has 0 aromatic heterocycles. The highest BCUT2D eigenvalue weighted by Crippen LogP contribution is 2.46. The molecule has 0 heterocycles. The van der Waals surface area contributed by atoms with Gasteiger partial charge in [0.15, 0.2) is 11.6 Å². The van der Waals surface area contributed by atoms with Crippen LogP contribution in [0, 0.1) is 0 Å². The van der Waals surface area contributed by atoms with Gasteiger partial charge in [0.2, 0.25) is 5.83 Å². The number of alkyl halides is 10. The van der Waals surface area contributed by atoms with Gasteiger partial charge in [-0.1, -0.05) is 52.0 Å². The SMILES string of the molecule is CCC(F)(F)C(F)=C(F)/C(=C(\Oc1ccc(C(CC)(CC)c2ccc(OC[Si](C)(OC)O[Si](CC(F)(F)F)(OC)OC)cc2)cc1)C(F)(F)CC)C(F)(F)F. The quantitative estimate of drug-likeness (QED) is 0.0573. The lowest BCUT2D eigenvalue weighted by Gasteiger charge is -2.35. The monoisotopic (exact) mass is 844 g/mol. The van der Waals surface area contributed by atoms with Crippen LogP contribution in [0.4, 0.5) is 52.7 Å². The Labute approximate surface area is 314 Å². The van der Waals surface area contributed by atoms with E-state index in [2.05, 4.69) is 0 Å². The first-order chi connectivity index (χ1) is 25.3. The Morgan fingerprint density at radius 1 is 0.618 bits per heavy atom. The van der Waals surface area contributed by atoms with Crippen molar-refractivity contribution in [1.82, 2.24) is 0 Å². The van der Waals surface area contributed by atoms with Crippen LogP contribution in [0.5, 0.6) is 11.5 Å². The number of halogens is 12. The minimum absolute atomic E-state index is 0.257. The zero-order chi connectivity index (χ0) is 42.3. The molecule has 0 aliphatic rings. The van der Waals surface area contributed by atoms with Gasteiger partial charge in [-0.05, 0) is 54.8 Å². The largest absolute Gasteiger partial charge is 0.500 e. The van der Waals surface area contributed by atoms with Crippen LogP contribution in [0.1, 0.15) is 64.5 Å². The highest BCUT2D eigenvalue weighted by Gasteiger charge is 2.55. The smallest absolute Gasteiger partial charge is 0.492 e. The number of rotatable bonds is 20. The lowest BCUT2D eigenvalue weighted by atomic mass is 9.70. The summed E-state index contributed by atoms with van der Waals surface area (Å²) in [7, 11) is -4.37. The first-order valence-electron chi connectivity index (χ1n) is 16.9. The maximum Gasteiger partial charge on any atom is 0.500 e. The van der Waals surface area contributed by atoms with Crippen molar-refractivity contribution < 1.29 is 79.6 Å². The van der Waals surface area contributed by atoms with Crippen LogP contribution in [0.2, 0.25) is 12.6 Å². The fourth-order valence-electron chi connectivity index (χ4n) is 5.58. The first kappa shape index (κ1) is 48.1. The summed E-state index contributed by atoms with van der Waals surface area (Å²) < 4.78 is 201. The third kappa shape index (κ3) is 11.7. The zero-order valence-corrected chi connectivity index (χ0v) is 33.3. The van der Waals surface area contributed by atoms with Crippen LogP contribution >= 0.6 is 0 Å². The van der Waals surface area contributed by atoms with Crippen molar-refractivity contribution in [3.05, 3.63) is 82.6 Å². The Balaban J connectivity index is 2.50. The molecule has 0 saturated heterocycles. The Hall–Kier alpha value is -3.05. The Kier molecular flexibility index (Phi) is 16.2. The number of benzene rings is 2. The molecule has 1 unspecified atom stereocenters. The van der Waals surface area contributed by atoms with Gasteiger partial charge in [-0.25, -0.2) is 8.78 Å². The van der Waals surface area contributed by atoms with E-state index < -0.39 is 94.6 Å². The van der Waals surface area contributed by atoms with Crippen molar-refractivity contribution in [3.8, 4) is 11.5 Å². The standard InChI is InChI=1S/C35H44F12O6Si2/c1-9-31(10-2,23-13-17-25(18-14-23)51-22-54(8,48-5)53-55(49-6,50-7)21-34(42,43)44)24-15-19-26(20-16-24)52-30(33(40,41)12-4)27(35(45,46)47)28(36)29(37)32(38,39)11-3/h13-20H,9-12,21-22H2,1-8H3/b29-28?,30-27+. The lowest BCUT2D eigenvalue weighted by Crippen LogP contribution is -2.58. The Bertz CT molecular complexity index is 1610. The van der Waals surface area contributed by atoms with Gasteiger partial charge in [-0.3, -0.25) is 0 Å². The molecule has 0 aliphatic carbocycles. The van der Waals surface area contributed by atoms with Gasteiger partial charge >= 0.3 is 41.6 Å². The van der Waals surface area contributed by atoms with E-state index in [0.717, 1.165) is 33.3 Å². The molecule has 1 atom stereocenters. The van der Waals surface area contributed by atoms with Crippen molar-refractivity contribution in [2.45, 2.75) is 95.6 Å². The molecule has 0 amide bonds. The lowest BCUT2D eigenvalue weighted by molar-refractivity contribution is -0.120. The number of hydrogen-bond donors (Lipinski definition) is 0. The van der Waals surface area contributed by atoms with Gasteiger partial charge < -0.3 is 26.9 Å². The number of allylic oxidation sites excluding steroid dienone is 4. The van der Waals surface area contributed by atoms with Gasteiger partial charge in [0.25, 0.3) is 0 Å². The fraction of sp³-hybridized carbons (Fsp3) is 0.543. The second-order valence-corrected chi connectivity index (χ2v) is 18.8. The average Bonchev–Trinajstić information content (AvgIpc) is 3.13. The van der Waals surface area contributed by atoms with E-state index in [0.29, 0.717) is 30.9 Å². The summed E-state index contributed by atoms with van der Waals surface area (Å²) in [4.78, 5) is 0. The van der Waals surface area contributed by atoms with E-state index in [4.69, 9.17) is 26.9 Å². The van der Waals surface area contributed by atoms with E-state index in [1.165, 1.54) is 25.8 Å². The molecule has 2 aromatic carbocycles. The fourth-order valence-corrected chi connectivity index (χ4v) is 11.2. The van der Waals surface area contributed by atoms with Gasteiger partial charge in [0.05, 0.1) is 0 Å². The van der Waals surface area contributed by atoms with Crippen LogP contribution in [-0.2, 0) is 22.8 Å². The van der Waals surface area contributed by atoms with Gasteiger partial charge in [-0.15, -0.1) is 0 Å². The molecular formula is C35H44F12O6Si2. The molecule has 0 spiro atoms. The summed E-state index contributed by atoms with van der Waals surface area (Å²) >= 11 is 0. The zero-order valence-electron chi connectivity index (χ0n) is 31.3. The van der Waals surface area contributed by atoms with Crippen molar-refractivity contribution >= 4 is 17.4 Å². The second kappa shape index (κ2) is 18.5. The summed E-state index contributed by atoms with van der Waals surface area (Å²) in [5.74, 6) is -18.4. The van der Waals surface area contributed by atoms with Gasteiger partial charge in [0.1, 0.15) is 29.3 Å². The topological polar surface area (TPSA) is 55.4 Å². The van der Waals surface area contributed by atoms with Crippen LogP contribution < -0.4 is 9.47 Å². The van der Waals surface area contributed by atoms with Gasteiger partial charge in [-0.2, -0.15) is 43.9 Å². The summed E-state index contributed by atoms with van der Waals surface area (Å²) in [6, 6.07) is 9.90. The van der Waals surface area contributed by atoms with Crippen LogP contribution in [0.15, 0.2) is 71.5 Å². The normalized spacial score (nSPS) is 15.6. The molecule has 0 aliphatic heterocycles. The van der Waals surface area contributed by atoms with Crippen molar-refractivity contribution in [2.24, 2.45) is 0 Å².